The smallest absolute Gasteiger partial charge is 0.408 e. The highest BCUT2D eigenvalue weighted by molar-refractivity contribution is 5.96. The topological polar surface area (TPSA) is 160 Å². The maximum atomic E-state index is 13.3. The van der Waals surface area contributed by atoms with Gasteiger partial charge in [0.05, 0.1) is 24.6 Å². The highest BCUT2D eigenvalue weighted by Gasteiger charge is 2.44. The van der Waals surface area contributed by atoms with Crippen LogP contribution in [0.25, 0.3) is 10.9 Å². The molecule has 3 N–H and O–H groups in total. The fourth-order valence-electron chi connectivity index (χ4n) is 6.17. The number of ether oxygens (including phenoxy) is 4. The van der Waals surface area contributed by atoms with Crippen molar-refractivity contribution in [2.24, 2.45) is 11.8 Å². The number of carbonyl (C=O) groups excluding carboxylic acids is 3. The Labute approximate surface area is 288 Å². The number of aryl methyl sites for hydroxylation is 1. The number of nitrogens with zero attached hydrogens (tertiary/aromatic N) is 1. The lowest BCUT2D eigenvalue weighted by atomic mass is 10.0. The Balaban J connectivity index is 0.000000254. The van der Waals surface area contributed by atoms with E-state index in [-0.39, 0.29) is 41.1 Å². The van der Waals surface area contributed by atoms with Crippen molar-refractivity contribution in [3.8, 4) is 11.6 Å². The van der Waals surface area contributed by atoms with E-state index in [0.717, 1.165) is 55.4 Å². The molecule has 12 heteroatoms. The van der Waals surface area contributed by atoms with Gasteiger partial charge >= 0.3 is 12.1 Å². The summed E-state index contributed by atoms with van der Waals surface area (Å²) in [4.78, 5) is 54.8. The molecule has 12 nitrogen and oxygen atoms in total. The summed E-state index contributed by atoms with van der Waals surface area (Å²) in [5.41, 5.74) is 0.953. The maximum Gasteiger partial charge on any atom is 0.408 e. The molecule has 1 aromatic heterocycles. The van der Waals surface area contributed by atoms with Gasteiger partial charge in [-0.25, -0.2) is 4.79 Å². The van der Waals surface area contributed by atoms with Gasteiger partial charge in [-0.1, -0.05) is 25.0 Å². The predicted octanol–water partition coefficient (Wildman–Crippen LogP) is 6.18. The van der Waals surface area contributed by atoms with Gasteiger partial charge in [0.1, 0.15) is 23.4 Å². The summed E-state index contributed by atoms with van der Waals surface area (Å²) in [7, 11) is 1.61. The van der Waals surface area contributed by atoms with E-state index in [0.29, 0.717) is 30.7 Å². The fraction of sp³-hybridized carbons (Fsp3) is 0.595. The normalized spacial score (nSPS) is 23.8. The number of fused-ring (bicyclic) bond motifs is 3. The van der Waals surface area contributed by atoms with Crippen molar-refractivity contribution >= 4 is 34.8 Å². The lowest BCUT2D eigenvalue weighted by Crippen LogP contribution is -2.52. The van der Waals surface area contributed by atoms with Crippen LogP contribution in [0.4, 0.5) is 4.79 Å². The Morgan fingerprint density at radius 2 is 1.86 bits per heavy atom. The van der Waals surface area contributed by atoms with Gasteiger partial charge in [-0.2, -0.15) is 0 Å². The second-order valence-corrected chi connectivity index (χ2v) is 14.2. The highest BCUT2D eigenvalue weighted by Crippen LogP contribution is 2.41. The van der Waals surface area contributed by atoms with E-state index in [2.05, 4.69) is 22.5 Å². The number of hydrogen-bond donors (Lipinski definition) is 3. The van der Waals surface area contributed by atoms with Crippen molar-refractivity contribution in [1.29, 1.82) is 5.41 Å². The van der Waals surface area contributed by atoms with Crippen LogP contribution < -0.4 is 20.2 Å². The number of amides is 2. The van der Waals surface area contributed by atoms with E-state index in [1.165, 1.54) is 6.07 Å². The molecule has 0 radical (unpaired) electrons. The van der Waals surface area contributed by atoms with Crippen molar-refractivity contribution in [3.63, 3.8) is 0 Å². The summed E-state index contributed by atoms with van der Waals surface area (Å²) in [6.45, 7) is 11.6. The standard InChI is InChI=1S/C23H35N3O5.C14H17NO3/c1-23(2,3)31-22(29)25-17-11-8-6-4-5-7-10-15-14-16(15)21(28)30-19(24)18-12-9-13-26(18)20(17)27;1-8(2)18-13-7-11(16)10-5-6-12(17-4)9(3)14(10)15-13/h7,10,15-18,24H,4-6,8-9,11-14H2,1-3H3,(H,25,29);5-8H,1-4H3,(H,15,16)/b10-7-,24-19?;/t15?,16?,17-,18?;/m0./s1. The minimum absolute atomic E-state index is 0.0176. The van der Waals surface area contributed by atoms with E-state index in [4.69, 9.17) is 24.4 Å². The number of allylic oxidation sites excluding steroid dienone is 2. The first kappa shape index (κ1) is 37.5. The molecule has 49 heavy (non-hydrogen) atoms. The number of pyridine rings is 1. The van der Waals surface area contributed by atoms with Crippen molar-refractivity contribution in [2.75, 3.05) is 13.7 Å². The van der Waals surface area contributed by atoms with Crippen LogP contribution in [0, 0.1) is 24.2 Å². The number of cyclic esters (lactones) is 1. The molecule has 5 rings (SSSR count). The van der Waals surface area contributed by atoms with Gasteiger partial charge in [0.2, 0.25) is 11.8 Å². The molecule has 4 atom stereocenters. The van der Waals surface area contributed by atoms with E-state index in [1.54, 1.807) is 44.9 Å². The third-order valence-electron chi connectivity index (χ3n) is 8.70. The van der Waals surface area contributed by atoms with Gasteiger partial charge in [0.25, 0.3) is 0 Å². The molecular weight excluding hydrogens is 628 g/mol. The summed E-state index contributed by atoms with van der Waals surface area (Å²) in [5, 5.41) is 11.7. The Morgan fingerprint density at radius 1 is 1.10 bits per heavy atom. The Morgan fingerprint density at radius 3 is 2.55 bits per heavy atom. The lowest BCUT2D eigenvalue weighted by molar-refractivity contribution is -0.139. The molecule has 1 aromatic carbocycles. The van der Waals surface area contributed by atoms with Gasteiger partial charge in [0.15, 0.2) is 11.3 Å². The molecule has 0 bridgehead atoms. The van der Waals surface area contributed by atoms with Crippen molar-refractivity contribution < 1.29 is 33.3 Å². The third-order valence-corrected chi connectivity index (χ3v) is 8.70. The molecule has 3 heterocycles. The third kappa shape index (κ3) is 10.3. The molecule has 2 amide bonds. The summed E-state index contributed by atoms with van der Waals surface area (Å²) >= 11 is 0. The molecule has 3 unspecified atom stereocenters. The van der Waals surface area contributed by atoms with Gasteiger partial charge in [-0.15, -0.1) is 0 Å². The molecule has 3 aliphatic rings. The van der Waals surface area contributed by atoms with Crippen molar-refractivity contribution in [2.45, 2.75) is 117 Å². The van der Waals surface area contributed by atoms with Crippen LogP contribution in [-0.2, 0) is 19.1 Å². The number of aromatic nitrogens is 1. The molecule has 2 aliphatic heterocycles. The predicted molar refractivity (Wildman–Crippen MR) is 187 cm³/mol. The lowest BCUT2D eigenvalue weighted by Gasteiger charge is -2.30. The van der Waals surface area contributed by atoms with Crippen LogP contribution in [0.3, 0.4) is 0 Å². The molecule has 0 spiro atoms. The summed E-state index contributed by atoms with van der Waals surface area (Å²) in [6, 6.07) is 3.75. The summed E-state index contributed by atoms with van der Waals surface area (Å²) < 4.78 is 21.5. The number of rotatable bonds is 4. The number of H-pyrrole nitrogens is 1. The van der Waals surface area contributed by atoms with Crippen molar-refractivity contribution in [3.05, 3.63) is 46.1 Å². The zero-order valence-electron chi connectivity index (χ0n) is 29.9. The largest absolute Gasteiger partial charge is 0.496 e. The minimum atomic E-state index is -0.727. The molecule has 268 valence electrons. The van der Waals surface area contributed by atoms with Crippen LogP contribution in [0.1, 0.15) is 91.5 Å². The minimum Gasteiger partial charge on any atom is -0.496 e. The van der Waals surface area contributed by atoms with E-state index >= 15 is 0 Å². The second kappa shape index (κ2) is 16.4. The average molecular weight is 681 g/mol. The van der Waals surface area contributed by atoms with E-state index in [1.807, 2.05) is 20.8 Å². The molecule has 1 aliphatic carbocycles. The zero-order chi connectivity index (χ0) is 35.9. The van der Waals surface area contributed by atoms with Gasteiger partial charge < -0.3 is 34.1 Å². The summed E-state index contributed by atoms with van der Waals surface area (Å²) in [5.74, 6) is 0.459. The van der Waals surface area contributed by atoms with E-state index < -0.39 is 23.8 Å². The number of esters is 1. The number of carbonyl (C=O) groups is 3. The molecule has 1 saturated carbocycles. The second-order valence-electron chi connectivity index (χ2n) is 14.2. The van der Waals surface area contributed by atoms with Crippen LogP contribution in [0.2, 0.25) is 0 Å². The number of hydrogen-bond acceptors (Lipinski definition) is 9. The van der Waals surface area contributed by atoms with Crippen LogP contribution in [0.15, 0.2) is 35.1 Å². The monoisotopic (exact) mass is 680 g/mol. The first-order valence-corrected chi connectivity index (χ1v) is 17.3. The Bertz CT molecular complexity index is 1610. The van der Waals surface area contributed by atoms with Crippen LogP contribution in [0.5, 0.6) is 11.6 Å². The van der Waals surface area contributed by atoms with Crippen LogP contribution in [-0.4, -0.2) is 71.2 Å². The number of benzene rings is 1. The summed E-state index contributed by atoms with van der Waals surface area (Å²) in [6.07, 6.45) is 9.80. The van der Waals surface area contributed by atoms with Gasteiger partial charge in [0, 0.05) is 23.6 Å². The first-order chi connectivity index (χ1) is 23.2. The Hall–Kier alpha value is -4.35. The fourth-order valence-corrected chi connectivity index (χ4v) is 6.17. The first-order valence-electron chi connectivity index (χ1n) is 17.3. The molecule has 2 fully saturated rings. The highest BCUT2D eigenvalue weighted by atomic mass is 16.6. The quantitative estimate of drug-likeness (QED) is 0.255. The number of aromatic amines is 1. The average Bonchev–Trinajstić information content (AvgIpc) is 3.62. The number of alkyl carbamates (subject to hydrolysis) is 1. The van der Waals surface area contributed by atoms with Crippen molar-refractivity contribution in [1.82, 2.24) is 15.2 Å². The number of nitrogens with one attached hydrogen (secondary N) is 3. The van der Waals surface area contributed by atoms with Gasteiger partial charge in [-0.05, 0) is 98.1 Å². The SMILES string of the molecule is CC(C)(C)OC(=O)N[C@H]1CCCCC/C=C\C2CC2C(=O)OC(=N)C2CCCN2C1=O.COc1ccc2c(=O)cc(OC(C)C)[nH]c2c1C. The molecular formula is C37H52N4O8. The number of methoxy groups -OCH3 is 1. The van der Waals surface area contributed by atoms with Gasteiger partial charge in [-0.3, -0.25) is 19.8 Å². The molecule has 2 aromatic rings. The zero-order valence-corrected chi connectivity index (χ0v) is 29.9. The maximum absolute atomic E-state index is 13.3. The van der Waals surface area contributed by atoms with Crippen LogP contribution >= 0.6 is 0 Å². The molecule has 1 saturated heterocycles. The van der Waals surface area contributed by atoms with E-state index in [9.17, 15) is 19.2 Å². The Kier molecular flexibility index (Phi) is 12.5.